The van der Waals surface area contributed by atoms with Crippen molar-refractivity contribution < 1.29 is 28.9 Å². The van der Waals surface area contributed by atoms with Gasteiger partial charge < -0.3 is 24.6 Å². The van der Waals surface area contributed by atoms with Gasteiger partial charge in [-0.1, -0.05) is 12.1 Å². The lowest BCUT2D eigenvalue weighted by atomic mass is 10.1. The Bertz CT molecular complexity index is 826. The largest absolute Gasteiger partial charge is 0.507 e. The van der Waals surface area contributed by atoms with Gasteiger partial charge >= 0.3 is 5.97 Å². The first-order valence-corrected chi connectivity index (χ1v) is 8.12. The predicted molar refractivity (Wildman–Crippen MR) is 100 cm³/mol. The number of ether oxygens (including phenoxy) is 3. The number of halogens is 1. The van der Waals surface area contributed by atoms with Crippen molar-refractivity contribution in [1.29, 1.82) is 0 Å². The van der Waals surface area contributed by atoms with Crippen molar-refractivity contribution in [1.82, 2.24) is 5.32 Å². The molecule has 1 atom stereocenters. The Labute approximate surface area is 162 Å². The quantitative estimate of drug-likeness (QED) is 0.574. The van der Waals surface area contributed by atoms with E-state index in [4.69, 9.17) is 9.47 Å². The number of aromatic hydroxyl groups is 1. The van der Waals surface area contributed by atoms with E-state index in [0.29, 0.717) is 30.2 Å². The van der Waals surface area contributed by atoms with Crippen LogP contribution in [-0.2, 0) is 4.74 Å². The van der Waals surface area contributed by atoms with Crippen molar-refractivity contribution in [3.63, 3.8) is 0 Å². The van der Waals surface area contributed by atoms with Crippen LogP contribution >= 0.6 is 12.4 Å². The predicted octanol–water partition coefficient (Wildman–Crippen LogP) is 2.21. The van der Waals surface area contributed by atoms with E-state index in [1.54, 1.807) is 0 Å². The number of rotatable bonds is 6. The number of nitrogens with one attached hydrogen (secondary N) is 1. The number of hydrogen-bond donors (Lipinski definition) is 2. The zero-order chi connectivity index (χ0) is 18.5. The summed E-state index contributed by atoms with van der Waals surface area (Å²) in [6.07, 6.45) is -0.205. The zero-order valence-electron chi connectivity index (χ0n) is 14.6. The van der Waals surface area contributed by atoms with Gasteiger partial charge in [0.25, 0.3) is 0 Å². The minimum Gasteiger partial charge on any atom is -0.507 e. The van der Waals surface area contributed by atoms with Gasteiger partial charge in [0.05, 0.1) is 13.7 Å². The third-order valence-electron chi connectivity index (χ3n) is 3.95. The third-order valence-corrected chi connectivity index (χ3v) is 3.95. The monoisotopic (exact) mass is 393 g/mol. The van der Waals surface area contributed by atoms with Crippen LogP contribution in [0.2, 0.25) is 0 Å². The average molecular weight is 394 g/mol. The molecule has 1 heterocycles. The lowest BCUT2D eigenvalue weighted by Gasteiger charge is -2.26. The Balaban J connectivity index is 0.00000261. The minimum absolute atomic E-state index is 0. The van der Waals surface area contributed by atoms with Crippen LogP contribution < -0.4 is 14.8 Å². The highest BCUT2D eigenvalue weighted by Gasteiger charge is 2.21. The highest BCUT2D eigenvalue weighted by atomic mass is 35.5. The molecule has 7 nitrogen and oxygen atoms in total. The molecule has 0 bridgehead atoms. The summed E-state index contributed by atoms with van der Waals surface area (Å²) in [6.45, 7) is 0.888. The molecule has 1 aliphatic rings. The van der Waals surface area contributed by atoms with Crippen LogP contribution in [0, 0.1) is 0 Å². The van der Waals surface area contributed by atoms with Gasteiger partial charge in [-0.05, 0) is 30.3 Å². The average Bonchev–Trinajstić information content (AvgIpc) is 2.67. The molecule has 2 aromatic carbocycles. The van der Waals surface area contributed by atoms with Crippen molar-refractivity contribution in [3.05, 3.63) is 53.6 Å². The van der Waals surface area contributed by atoms with Crippen molar-refractivity contribution in [2.45, 2.75) is 6.10 Å². The van der Waals surface area contributed by atoms with E-state index in [2.05, 4.69) is 10.1 Å². The van der Waals surface area contributed by atoms with Crippen LogP contribution in [0.15, 0.2) is 42.5 Å². The summed E-state index contributed by atoms with van der Waals surface area (Å²) in [4.78, 5) is 23.9. The topological polar surface area (TPSA) is 94.1 Å². The van der Waals surface area contributed by atoms with Crippen molar-refractivity contribution >= 4 is 24.2 Å². The van der Waals surface area contributed by atoms with E-state index in [9.17, 15) is 14.7 Å². The fourth-order valence-corrected chi connectivity index (χ4v) is 2.60. The van der Waals surface area contributed by atoms with Gasteiger partial charge in [0.2, 0.25) is 0 Å². The molecule has 144 valence electrons. The molecule has 0 saturated carbocycles. The molecule has 27 heavy (non-hydrogen) atoms. The molecular weight excluding hydrogens is 374 g/mol. The van der Waals surface area contributed by atoms with Gasteiger partial charge in [-0.3, -0.25) is 4.79 Å². The van der Waals surface area contributed by atoms with Crippen LogP contribution in [0.1, 0.15) is 20.7 Å². The number of carbonyl (C=O) groups is 2. The summed E-state index contributed by atoms with van der Waals surface area (Å²) >= 11 is 0. The molecule has 3 rings (SSSR count). The second kappa shape index (κ2) is 9.25. The van der Waals surface area contributed by atoms with Crippen molar-refractivity contribution in [3.8, 4) is 17.2 Å². The molecule has 0 fully saturated rings. The number of esters is 1. The molecule has 0 radical (unpaired) electrons. The van der Waals surface area contributed by atoms with E-state index in [-0.39, 0.29) is 42.2 Å². The van der Waals surface area contributed by atoms with Crippen LogP contribution in [0.4, 0.5) is 0 Å². The fourth-order valence-electron chi connectivity index (χ4n) is 2.60. The highest BCUT2D eigenvalue weighted by Crippen LogP contribution is 2.30. The summed E-state index contributed by atoms with van der Waals surface area (Å²) in [5, 5.41) is 12.7. The lowest BCUT2D eigenvalue weighted by molar-refractivity contribution is 0.0597. The number of phenolic OH excluding ortho intramolecular Hbond substituents is 1. The summed E-state index contributed by atoms with van der Waals surface area (Å²) in [6, 6.07) is 11.5. The number of carbonyl (C=O) groups excluding carboxylic acids is 2. The van der Waals surface area contributed by atoms with Crippen LogP contribution in [0.25, 0.3) is 0 Å². The highest BCUT2D eigenvalue weighted by molar-refractivity contribution is 6.01. The summed E-state index contributed by atoms with van der Waals surface area (Å²) < 4.78 is 16.0. The van der Waals surface area contributed by atoms with Crippen LogP contribution in [-0.4, -0.2) is 49.8 Å². The molecular formula is C19H20ClNO6. The Morgan fingerprint density at radius 2 is 1.96 bits per heavy atom. The molecule has 0 aliphatic carbocycles. The minimum atomic E-state index is -0.698. The van der Waals surface area contributed by atoms with Gasteiger partial charge in [-0.2, -0.15) is 0 Å². The second-order valence-corrected chi connectivity index (χ2v) is 5.78. The second-order valence-electron chi connectivity index (χ2n) is 5.78. The number of fused-ring (bicyclic) bond motifs is 1. The number of Topliss-reactive ketones (excluding diaryl/α,β-unsaturated/α-hetero) is 1. The first kappa shape index (κ1) is 20.5. The molecule has 8 heteroatoms. The Kier molecular flexibility index (Phi) is 7.04. The number of para-hydroxylation sites is 2. The van der Waals surface area contributed by atoms with Crippen LogP contribution in [0.3, 0.4) is 0 Å². The van der Waals surface area contributed by atoms with E-state index in [1.165, 1.54) is 25.3 Å². The fraction of sp³-hybridized carbons (Fsp3) is 0.263. The number of methoxy groups -OCH3 is 1. The smallest absolute Gasteiger partial charge is 0.341 e. The van der Waals surface area contributed by atoms with Crippen molar-refractivity contribution in [2.75, 3.05) is 26.8 Å². The van der Waals surface area contributed by atoms with Crippen molar-refractivity contribution in [2.24, 2.45) is 0 Å². The Morgan fingerprint density at radius 3 is 2.70 bits per heavy atom. The van der Waals surface area contributed by atoms with Gasteiger partial charge in [-0.15, -0.1) is 12.4 Å². The molecule has 2 aromatic rings. The lowest BCUT2D eigenvalue weighted by Crippen LogP contribution is -2.40. The van der Waals surface area contributed by atoms with E-state index >= 15 is 0 Å². The van der Waals surface area contributed by atoms with Gasteiger partial charge in [-0.25, -0.2) is 4.79 Å². The first-order valence-electron chi connectivity index (χ1n) is 8.12. The standard InChI is InChI=1S/C19H19NO6.ClH/c1-24-19(23)14-8-12(6-7-15(14)21)16(22)10-20-9-13-11-25-17-4-2-3-5-18(17)26-13;/h2-8,13,20-21H,9-11H2,1H3;1H. The Morgan fingerprint density at radius 1 is 1.22 bits per heavy atom. The summed E-state index contributed by atoms with van der Waals surface area (Å²) in [7, 11) is 1.21. The molecule has 0 spiro atoms. The number of phenols is 1. The normalized spacial score (nSPS) is 14.8. The van der Waals surface area contributed by atoms with Gasteiger partial charge in [0.1, 0.15) is 24.0 Å². The van der Waals surface area contributed by atoms with Gasteiger partial charge in [0, 0.05) is 12.1 Å². The SMILES string of the molecule is COC(=O)c1cc(C(=O)CNCC2COc3ccccc3O2)ccc1O.Cl. The molecule has 0 saturated heterocycles. The van der Waals surface area contributed by atoms with E-state index in [1.807, 2.05) is 24.3 Å². The summed E-state index contributed by atoms with van der Waals surface area (Å²) in [5.74, 6) is 0.244. The molecule has 1 unspecified atom stereocenters. The maximum atomic E-state index is 12.3. The van der Waals surface area contributed by atoms with E-state index in [0.717, 1.165) is 0 Å². The third kappa shape index (κ3) is 4.90. The molecule has 0 aromatic heterocycles. The molecule has 1 aliphatic heterocycles. The van der Waals surface area contributed by atoms with Crippen LogP contribution in [0.5, 0.6) is 17.2 Å². The molecule has 0 amide bonds. The number of ketones is 1. The number of hydrogen-bond acceptors (Lipinski definition) is 7. The maximum Gasteiger partial charge on any atom is 0.341 e. The zero-order valence-corrected chi connectivity index (χ0v) is 15.5. The first-order chi connectivity index (χ1) is 12.6. The molecule has 2 N–H and O–H groups in total. The maximum absolute atomic E-state index is 12.3. The van der Waals surface area contributed by atoms with E-state index < -0.39 is 5.97 Å². The van der Waals surface area contributed by atoms with Gasteiger partial charge in [0.15, 0.2) is 17.3 Å². The number of benzene rings is 2. The Hall–Kier alpha value is -2.77. The summed E-state index contributed by atoms with van der Waals surface area (Å²) in [5.41, 5.74) is 0.265.